The first-order valence-electron chi connectivity index (χ1n) is 6.85. The predicted octanol–water partition coefficient (Wildman–Crippen LogP) is 0.255. The minimum atomic E-state index is 0.0578. The van der Waals surface area contributed by atoms with Crippen LogP contribution in [0.15, 0.2) is 6.07 Å². The van der Waals surface area contributed by atoms with Gasteiger partial charge in [-0.3, -0.25) is 14.4 Å². The Morgan fingerprint density at radius 2 is 2.05 bits per heavy atom. The van der Waals surface area contributed by atoms with Crippen molar-refractivity contribution in [2.75, 3.05) is 32.7 Å². The molecule has 1 aromatic rings. The molecular weight excluding hydrogens is 274 g/mol. The van der Waals surface area contributed by atoms with Gasteiger partial charge in [0.25, 0.3) is 5.91 Å². The number of carbonyl (C=O) groups is 1. The van der Waals surface area contributed by atoms with E-state index in [1.807, 2.05) is 24.8 Å². The van der Waals surface area contributed by atoms with E-state index in [2.05, 4.69) is 10.00 Å². The van der Waals surface area contributed by atoms with Crippen LogP contribution in [0.25, 0.3) is 0 Å². The summed E-state index contributed by atoms with van der Waals surface area (Å²) in [5.74, 6) is 0.0578. The molecule has 0 atom stereocenters. The summed E-state index contributed by atoms with van der Waals surface area (Å²) in [6.45, 7) is 8.25. The molecule has 2 heterocycles. The normalized spacial score (nSPS) is 16.4. The SMILES string of the molecule is CCn1nc(C)cc1C(=O)N1CCN(CC(N)=S)CC1. The van der Waals surface area contributed by atoms with Crippen LogP contribution in [-0.4, -0.2) is 63.2 Å². The maximum absolute atomic E-state index is 12.5. The quantitative estimate of drug-likeness (QED) is 0.807. The Balaban J connectivity index is 1.99. The van der Waals surface area contributed by atoms with Crippen LogP contribution in [0.2, 0.25) is 0 Å². The second kappa shape index (κ2) is 6.32. The van der Waals surface area contributed by atoms with E-state index in [1.165, 1.54) is 0 Å². The van der Waals surface area contributed by atoms with Crippen molar-refractivity contribution in [1.82, 2.24) is 19.6 Å². The number of amides is 1. The van der Waals surface area contributed by atoms with Crippen LogP contribution in [0.1, 0.15) is 23.1 Å². The molecule has 1 aliphatic rings. The number of hydrogen-bond donors (Lipinski definition) is 1. The molecule has 1 aliphatic heterocycles. The first kappa shape index (κ1) is 14.9. The molecule has 1 fully saturated rings. The molecule has 20 heavy (non-hydrogen) atoms. The van der Waals surface area contributed by atoms with Crippen molar-refractivity contribution in [3.63, 3.8) is 0 Å². The molecule has 0 saturated carbocycles. The van der Waals surface area contributed by atoms with Gasteiger partial charge in [0.2, 0.25) is 0 Å². The summed E-state index contributed by atoms with van der Waals surface area (Å²) in [6.07, 6.45) is 0. The third-order valence-electron chi connectivity index (χ3n) is 3.46. The number of aryl methyl sites for hydroxylation is 2. The molecule has 0 aromatic carbocycles. The van der Waals surface area contributed by atoms with Gasteiger partial charge in [0, 0.05) is 39.3 Å². The number of nitrogens with two attached hydrogens (primary N) is 1. The van der Waals surface area contributed by atoms with Crippen molar-refractivity contribution in [3.05, 3.63) is 17.5 Å². The van der Waals surface area contributed by atoms with Crippen molar-refractivity contribution in [2.45, 2.75) is 20.4 Å². The maximum atomic E-state index is 12.5. The van der Waals surface area contributed by atoms with Crippen molar-refractivity contribution in [2.24, 2.45) is 5.73 Å². The highest BCUT2D eigenvalue weighted by Gasteiger charge is 2.24. The summed E-state index contributed by atoms with van der Waals surface area (Å²) in [5.41, 5.74) is 7.10. The number of carbonyl (C=O) groups excluding carboxylic acids is 1. The van der Waals surface area contributed by atoms with E-state index in [0.29, 0.717) is 36.9 Å². The molecule has 2 N–H and O–H groups in total. The van der Waals surface area contributed by atoms with E-state index < -0.39 is 0 Å². The van der Waals surface area contributed by atoms with Crippen molar-refractivity contribution in [1.29, 1.82) is 0 Å². The molecule has 1 saturated heterocycles. The second-order valence-electron chi connectivity index (χ2n) is 5.02. The first-order valence-corrected chi connectivity index (χ1v) is 7.26. The standard InChI is InChI=1S/C13H21N5OS/c1-3-18-11(8-10(2)15-18)13(19)17-6-4-16(5-7-17)9-12(14)20/h8H,3-7,9H2,1-2H3,(H2,14,20). The monoisotopic (exact) mass is 295 g/mol. The zero-order valence-electron chi connectivity index (χ0n) is 12.0. The number of nitrogens with zero attached hydrogens (tertiary/aromatic N) is 4. The Kier molecular flexibility index (Phi) is 4.72. The van der Waals surface area contributed by atoms with E-state index in [9.17, 15) is 4.79 Å². The molecule has 2 rings (SSSR count). The van der Waals surface area contributed by atoms with Gasteiger partial charge in [0.1, 0.15) is 5.69 Å². The van der Waals surface area contributed by atoms with Crippen LogP contribution in [-0.2, 0) is 6.54 Å². The van der Waals surface area contributed by atoms with Crippen LogP contribution >= 0.6 is 12.2 Å². The lowest BCUT2D eigenvalue weighted by Crippen LogP contribution is -2.50. The third kappa shape index (κ3) is 3.34. The molecule has 6 nitrogen and oxygen atoms in total. The van der Waals surface area contributed by atoms with Gasteiger partial charge in [-0.05, 0) is 19.9 Å². The predicted molar refractivity (Wildman–Crippen MR) is 81.8 cm³/mol. The van der Waals surface area contributed by atoms with E-state index in [0.717, 1.165) is 18.8 Å². The third-order valence-corrected chi connectivity index (χ3v) is 3.59. The molecule has 0 bridgehead atoms. The highest BCUT2D eigenvalue weighted by molar-refractivity contribution is 7.80. The van der Waals surface area contributed by atoms with Gasteiger partial charge in [-0.25, -0.2) is 0 Å². The Labute approximate surface area is 124 Å². The Hall–Kier alpha value is -1.47. The number of rotatable bonds is 4. The number of piperazine rings is 1. The average Bonchev–Trinajstić information content (AvgIpc) is 2.79. The summed E-state index contributed by atoms with van der Waals surface area (Å²) in [5, 5.41) is 4.32. The average molecular weight is 295 g/mol. The molecule has 1 amide bonds. The topological polar surface area (TPSA) is 67.4 Å². The van der Waals surface area contributed by atoms with E-state index in [-0.39, 0.29) is 5.91 Å². The fraction of sp³-hybridized carbons (Fsp3) is 0.615. The van der Waals surface area contributed by atoms with E-state index in [4.69, 9.17) is 18.0 Å². The van der Waals surface area contributed by atoms with E-state index >= 15 is 0 Å². The molecule has 0 aliphatic carbocycles. The van der Waals surface area contributed by atoms with Gasteiger partial charge in [-0.1, -0.05) is 12.2 Å². The van der Waals surface area contributed by atoms with Gasteiger partial charge in [-0.15, -0.1) is 0 Å². The lowest BCUT2D eigenvalue weighted by molar-refractivity contribution is 0.0642. The fourth-order valence-electron chi connectivity index (χ4n) is 2.45. The Bertz CT molecular complexity index is 505. The molecule has 110 valence electrons. The molecule has 7 heteroatoms. The van der Waals surface area contributed by atoms with Crippen LogP contribution in [0.3, 0.4) is 0 Å². The maximum Gasteiger partial charge on any atom is 0.272 e. The number of aromatic nitrogens is 2. The van der Waals surface area contributed by atoms with Crippen LogP contribution in [0, 0.1) is 6.92 Å². The summed E-state index contributed by atoms with van der Waals surface area (Å²) >= 11 is 4.91. The van der Waals surface area contributed by atoms with Crippen molar-refractivity contribution < 1.29 is 4.79 Å². The number of thiocarbonyl (C=S) groups is 1. The van der Waals surface area contributed by atoms with Gasteiger partial charge in [0.05, 0.1) is 10.7 Å². The number of hydrogen-bond acceptors (Lipinski definition) is 4. The van der Waals surface area contributed by atoms with Crippen molar-refractivity contribution in [3.8, 4) is 0 Å². The van der Waals surface area contributed by atoms with Gasteiger partial charge >= 0.3 is 0 Å². The Morgan fingerprint density at radius 3 is 2.60 bits per heavy atom. The van der Waals surface area contributed by atoms with Crippen LogP contribution in [0.5, 0.6) is 0 Å². The Morgan fingerprint density at radius 1 is 1.40 bits per heavy atom. The summed E-state index contributed by atoms with van der Waals surface area (Å²) < 4.78 is 1.76. The smallest absolute Gasteiger partial charge is 0.272 e. The molecule has 1 aromatic heterocycles. The highest BCUT2D eigenvalue weighted by Crippen LogP contribution is 2.10. The lowest BCUT2D eigenvalue weighted by Gasteiger charge is -2.34. The zero-order valence-corrected chi connectivity index (χ0v) is 12.8. The van der Waals surface area contributed by atoms with E-state index in [1.54, 1.807) is 4.68 Å². The van der Waals surface area contributed by atoms with Gasteiger partial charge in [0.15, 0.2) is 0 Å². The van der Waals surface area contributed by atoms with Crippen molar-refractivity contribution >= 4 is 23.1 Å². The summed E-state index contributed by atoms with van der Waals surface area (Å²) in [4.78, 5) is 17.1. The molecular formula is C13H21N5OS. The van der Waals surface area contributed by atoms with Gasteiger partial charge in [-0.2, -0.15) is 5.10 Å². The largest absolute Gasteiger partial charge is 0.392 e. The highest BCUT2D eigenvalue weighted by atomic mass is 32.1. The molecule has 0 spiro atoms. The van der Waals surface area contributed by atoms with Crippen LogP contribution in [0.4, 0.5) is 0 Å². The lowest BCUT2D eigenvalue weighted by atomic mass is 10.2. The van der Waals surface area contributed by atoms with Crippen LogP contribution < -0.4 is 5.73 Å². The molecule has 0 unspecified atom stereocenters. The minimum absolute atomic E-state index is 0.0578. The summed E-state index contributed by atoms with van der Waals surface area (Å²) in [7, 11) is 0. The minimum Gasteiger partial charge on any atom is -0.392 e. The first-order chi connectivity index (χ1) is 9.51. The summed E-state index contributed by atoms with van der Waals surface area (Å²) in [6, 6.07) is 1.85. The second-order valence-corrected chi connectivity index (χ2v) is 5.55. The zero-order chi connectivity index (χ0) is 14.7. The molecule has 0 radical (unpaired) electrons. The van der Waals surface area contributed by atoms with Gasteiger partial charge < -0.3 is 10.6 Å². The fourth-order valence-corrected chi connectivity index (χ4v) is 2.63.